The van der Waals surface area contributed by atoms with Crippen LogP contribution in [0.25, 0.3) is 0 Å². The minimum atomic E-state index is 0.0165. The quantitative estimate of drug-likeness (QED) is 0.593. The first-order valence-corrected chi connectivity index (χ1v) is 6.85. The summed E-state index contributed by atoms with van der Waals surface area (Å²) in [6.45, 7) is 5.54. The van der Waals surface area contributed by atoms with E-state index < -0.39 is 0 Å². The van der Waals surface area contributed by atoms with Crippen LogP contribution < -0.4 is 10.6 Å². The largest absolute Gasteiger partial charge is 0.379 e. The molecule has 1 fully saturated rings. The van der Waals surface area contributed by atoms with Crippen molar-refractivity contribution in [3.8, 4) is 0 Å². The number of rotatable bonds is 9. The minimum absolute atomic E-state index is 0.0165. The van der Waals surface area contributed by atoms with Gasteiger partial charge in [-0.25, -0.2) is 0 Å². The summed E-state index contributed by atoms with van der Waals surface area (Å²) in [7, 11) is 1.85. The van der Waals surface area contributed by atoms with Crippen LogP contribution in [0, 0.1) is 5.92 Å². The maximum absolute atomic E-state index is 11.6. The fourth-order valence-electron chi connectivity index (χ4n) is 1.95. The molecule has 1 amide bonds. The molecule has 0 aliphatic carbocycles. The second-order valence-electron chi connectivity index (χ2n) is 4.81. The zero-order valence-electron chi connectivity index (χ0n) is 11.5. The Kier molecular flexibility index (Phi) is 7.96. The van der Waals surface area contributed by atoms with E-state index in [9.17, 15) is 4.79 Å². The molecule has 1 saturated heterocycles. The first kappa shape index (κ1) is 15.4. The molecule has 1 aliphatic rings. The first-order chi connectivity index (χ1) is 8.74. The SMILES string of the molecule is CNCC(C)C(=O)NCCCOCC1CCCO1. The second-order valence-corrected chi connectivity index (χ2v) is 4.81. The molecule has 2 N–H and O–H groups in total. The Bertz CT molecular complexity index is 230. The third kappa shape index (κ3) is 6.33. The monoisotopic (exact) mass is 258 g/mol. The van der Waals surface area contributed by atoms with Crippen molar-refractivity contribution < 1.29 is 14.3 Å². The average molecular weight is 258 g/mol. The number of carbonyl (C=O) groups excluding carboxylic acids is 1. The molecular weight excluding hydrogens is 232 g/mol. The molecular formula is C13H26N2O3. The van der Waals surface area contributed by atoms with Crippen LogP contribution in [0.15, 0.2) is 0 Å². The number of nitrogens with one attached hydrogen (secondary N) is 2. The van der Waals surface area contributed by atoms with E-state index >= 15 is 0 Å². The summed E-state index contributed by atoms with van der Waals surface area (Å²) in [5.41, 5.74) is 0. The Hall–Kier alpha value is -0.650. The lowest BCUT2D eigenvalue weighted by Crippen LogP contribution is -2.35. The highest BCUT2D eigenvalue weighted by atomic mass is 16.5. The average Bonchev–Trinajstić information content (AvgIpc) is 2.86. The molecule has 18 heavy (non-hydrogen) atoms. The van der Waals surface area contributed by atoms with Gasteiger partial charge in [0.15, 0.2) is 0 Å². The highest BCUT2D eigenvalue weighted by molar-refractivity contribution is 5.78. The van der Waals surface area contributed by atoms with Crippen LogP contribution in [0.3, 0.4) is 0 Å². The normalized spacial score (nSPS) is 20.9. The van der Waals surface area contributed by atoms with Gasteiger partial charge in [0, 0.05) is 32.2 Å². The van der Waals surface area contributed by atoms with Crippen molar-refractivity contribution in [3.63, 3.8) is 0 Å². The number of ether oxygens (including phenoxy) is 2. The van der Waals surface area contributed by atoms with Crippen LogP contribution in [-0.2, 0) is 14.3 Å². The van der Waals surface area contributed by atoms with Gasteiger partial charge in [0.25, 0.3) is 0 Å². The zero-order valence-corrected chi connectivity index (χ0v) is 11.5. The van der Waals surface area contributed by atoms with Crippen molar-refractivity contribution in [1.29, 1.82) is 0 Å². The van der Waals surface area contributed by atoms with Crippen molar-refractivity contribution in [1.82, 2.24) is 10.6 Å². The van der Waals surface area contributed by atoms with E-state index in [0.29, 0.717) is 26.3 Å². The first-order valence-electron chi connectivity index (χ1n) is 6.85. The van der Waals surface area contributed by atoms with E-state index in [0.717, 1.165) is 25.9 Å². The Labute approximate surface area is 110 Å². The lowest BCUT2D eigenvalue weighted by Gasteiger charge is -2.12. The molecule has 106 valence electrons. The number of hydrogen-bond donors (Lipinski definition) is 2. The molecule has 0 aromatic rings. The fourth-order valence-corrected chi connectivity index (χ4v) is 1.95. The van der Waals surface area contributed by atoms with Gasteiger partial charge in [0.1, 0.15) is 0 Å². The van der Waals surface area contributed by atoms with E-state index in [2.05, 4.69) is 10.6 Å². The third-order valence-corrected chi connectivity index (χ3v) is 3.05. The predicted octanol–water partition coefficient (Wildman–Crippen LogP) is 0.544. The summed E-state index contributed by atoms with van der Waals surface area (Å²) in [5, 5.41) is 5.90. The minimum Gasteiger partial charge on any atom is -0.379 e. The van der Waals surface area contributed by atoms with Gasteiger partial charge in [-0.05, 0) is 26.3 Å². The van der Waals surface area contributed by atoms with E-state index in [4.69, 9.17) is 9.47 Å². The molecule has 5 heteroatoms. The molecule has 2 atom stereocenters. The second kappa shape index (κ2) is 9.30. The van der Waals surface area contributed by atoms with Crippen molar-refractivity contribution >= 4 is 5.91 Å². The number of amides is 1. The maximum atomic E-state index is 11.6. The molecule has 0 aromatic heterocycles. The Morgan fingerprint density at radius 3 is 3.06 bits per heavy atom. The lowest BCUT2D eigenvalue weighted by atomic mass is 10.1. The van der Waals surface area contributed by atoms with Gasteiger partial charge in [-0.1, -0.05) is 6.92 Å². The summed E-state index contributed by atoms with van der Waals surface area (Å²) in [4.78, 5) is 11.6. The van der Waals surface area contributed by atoms with Crippen LogP contribution in [0.1, 0.15) is 26.2 Å². The van der Waals surface area contributed by atoms with E-state index in [1.54, 1.807) is 0 Å². The van der Waals surface area contributed by atoms with Crippen LogP contribution in [0.2, 0.25) is 0 Å². The van der Waals surface area contributed by atoms with Gasteiger partial charge in [0.2, 0.25) is 5.91 Å². The van der Waals surface area contributed by atoms with Crippen LogP contribution >= 0.6 is 0 Å². The van der Waals surface area contributed by atoms with Gasteiger partial charge in [-0.15, -0.1) is 0 Å². The number of hydrogen-bond acceptors (Lipinski definition) is 4. The van der Waals surface area contributed by atoms with Crippen LogP contribution in [-0.4, -0.2) is 52.0 Å². The summed E-state index contributed by atoms with van der Waals surface area (Å²) in [6.07, 6.45) is 3.39. The zero-order chi connectivity index (χ0) is 13.2. The van der Waals surface area contributed by atoms with Gasteiger partial charge in [-0.2, -0.15) is 0 Å². The van der Waals surface area contributed by atoms with E-state index in [-0.39, 0.29) is 17.9 Å². The molecule has 0 saturated carbocycles. The van der Waals surface area contributed by atoms with Gasteiger partial charge in [0.05, 0.1) is 12.7 Å². The third-order valence-electron chi connectivity index (χ3n) is 3.05. The fraction of sp³-hybridized carbons (Fsp3) is 0.923. The summed E-state index contributed by atoms with van der Waals surface area (Å²) in [6, 6.07) is 0. The highest BCUT2D eigenvalue weighted by Crippen LogP contribution is 2.11. The summed E-state index contributed by atoms with van der Waals surface area (Å²) >= 11 is 0. The lowest BCUT2D eigenvalue weighted by molar-refractivity contribution is -0.124. The van der Waals surface area contributed by atoms with Crippen molar-refractivity contribution in [2.24, 2.45) is 5.92 Å². The van der Waals surface area contributed by atoms with Gasteiger partial charge >= 0.3 is 0 Å². The molecule has 0 bridgehead atoms. The Balaban J connectivity index is 1.89. The number of carbonyl (C=O) groups is 1. The maximum Gasteiger partial charge on any atom is 0.224 e. The van der Waals surface area contributed by atoms with E-state index in [1.807, 2.05) is 14.0 Å². The van der Waals surface area contributed by atoms with Crippen molar-refractivity contribution in [3.05, 3.63) is 0 Å². The molecule has 1 heterocycles. The summed E-state index contributed by atoms with van der Waals surface area (Å²) in [5.74, 6) is 0.117. The molecule has 0 aromatic carbocycles. The van der Waals surface area contributed by atoms with Crippen LogP contribution in [0.5, 0.6) is 0 Å². The smallest absolute Gasteiger partial charge is 0.224 e. The molecule has 5 nitrogen and oxygen atoms in total. The molecule has 1 aliphatic heterocycles. The summed E-state index contributed by atoms with van der Waals surface area (Å²) < 4.78 is 11.0. The van der Waals surface area contributed by atoms with Crippen molar-refractivity contribution in [2.75, 3.05) is 40.0 Å². The van der Waals surface area contributed by atoms with Gasteiger partial charge < -0.3 is 20.1 Å². The Morgan fingerprint density at radius 1 is 1.56 bits per heavy atom. The molecule has 0 spiro atoms. The Morgan fingerprint density at radius 2 is 2.39 bits per heavy atom. The topological polar surface area (TPSA) is 59.6 Å². The molecule has 2 unspecified atom stereocenters. The molecule has 1 rings (SSSR count). The van der Waals surface area contributed by atoms with Crippen molar-refractivity contribution in [2.45, 2.75) is 32.3 Å². The van der Waals surface area contributed by atoms with Gasteiger partial charge in [-0.3, -0.25) is 4.79 Å². The molecule has 0 radical (unpaired) electrons. The standard InChI is InChI=1S/C13H26N2O3/c1-11(9-14-2)13(16)15-6-4-7-17-10-12-5-3-8-18-12/h11-12,14H,3-10H2,1-2H3,(H,15,16). The predicted molar refractivity (Wildman–Crippen MR) is 70.5 cm³/mol. The van der Waals surface area contributed by atoms with E-state index in [1.165, 1.54) is 0 Å². The highest BCUT2D eigenvalue weighted by Gasteiger charge is 2.15. The van der Waals surface area contributed by atoms with Crippen LogP contribution in [0.4, 0.5) is 0 Å².